The first-order chi connectivity index (χ1) is 10.5. The van der Waals surface area contributed by atoms with Gasteiger partial charge in [-0.2, -0.15) is 13.2 Å². The van der Waals surface area contributed by atoms with Crippen LogP contribution in [0.5, 0.6) is 5.75 Å². The van der Waals surface area contributed by atoms with Gasteiger partial charge in [0.2, 0.25) is 0 Å². The van der Waals surface area contributed by atoms with Gasteiger partial charge >= 0.3 is 18.5 Å². The molecule has 0 aliphatic rings. The zero-order valence-electron chi connectivity index (χ0n) is 11.7. The summed E-state index contributed by atoms with van der Waals surface area (Å²) in [5, 5.41) is 0. The van der Waals surface area contributed by atoms with Crippen molar-refractivity contribution in [3.8, 4) is 5.75 Å². The van der Waals surface area contributed by atoms with Gasteiger partial charge in [0, 0.05) is 12.1 Å². The molecule has 1 rings (SSSR count). The van der Waals surface area contributed by atoms with Crippen LogP contribution in [-0.2, 0) is 28.7 Å². The number of hydrogen-bond donors (Lipinski definition) is 1. The molecule has 0 saturated heterocycles. The molecule has 0 bridgehead atoms. The smallest absolute Gasteiger partial charge is 0.466 e. The van der Waals surface area contributed by atoms with Crippen molar-refractivity contribution in [2.45, 2.75) is 32.4 Å². The van der Waals surface area contributed by atoms with E-state index in [-0.39, 0.29) is 6.61 Å². The summed E-state index contributed by atoms with van der Waals surface area (Å²) in [6.07, 6.45) is -10.7. The minimum absolute atomic E-state index is 0.0702. The molecule has 0 atom stereocenters. The Balaban J connectivity index is 3.40. The van der Waals surface area contributed by atoms with Crippen LogP contribution < -0.4 is 10.5 Å². The van der Waals surface area contributed by atoms with Gasteiger partial charge in [-0.1, -0.05) is 0 Å². The van der Waals surface area contributed by atoms with Crippen molar-refractivity contribution in [2.24, 2.45) is 5.73 Å². The molecule has 0 aliphatic carbocycles. The van der Waals surface area contributed by atoms with Crippen molar-refractivity contribution in [3.63, 3.8) is 0 Å². The maximum atomic E-state index is 13.2. The molecular weight excluding hydrogens is 334 g/mol. The first-order valence-electron chi connectivity index (χ1n) is 6.19. The van der Waals surface area contributed by atoms with Crippen LogP contribution in [0.25, 0.3) is 0 Å². The molecule has 0 radical (unpaired) electrons. The summed E-state index contributed by atoms with van der Waals surface area (Å²) >= 11 is 0. The predicted octanol–water partition coefficient (Wildman–Crippen LogP) is 2.56. The van der Waals surface area contributed by atoms with Crippen molar-refractivity contribution in [1.82, 2.24) is 4.98 Å². The van der Waals surface area contributed by atoms with E-state index < -0.39 is 54.0 Å². The molecular formula is C12H12F6N2O3. The molecule has 0 amide bonds. The lowest BCUT2D eigenvalue weighted by Crippen LogP contribution is -2.24. The maximum Gasteiger partial charge on any atom is 0.573 e. The summed E-state index contributed by atoms with van der Waals surface area (Å²) in [6, 6.07) is 0. The van der Waals surface area contributed by atoms with Crippen LogP contribution >= 0.6 is 0 Å². The lowest BCUT2D eigenvalue weighted by Gasteiger charge is -2.19. The Labute approximate surface area is 126 Å². The quantitative estimate of drug-likeness (QED) is 0.655. The fraction of sp³-hybridized carbons (Fsp3) is 0.500. The molecule has 1 aromatic rings. The van der Waals surface area contributed by atoms with Crippen LogP contribution in [0, 0.1) is 0 Å². The van der Waals surface area contributed by atoms with Gasteiger partial charge in [0.05, 0.1) is 30.5 Å². The number of esters is 1. The highest BCUT2D eigenvalue weighted by Gasteiger charge is 2.40. The largest absolute Gasteiger partial charge is 0.573 e. The zero-order chi connectivity index (χ0) is 17.8. The lowest BCUT2D eigenvalue weighted by atomic mass is 10.0. The Kier molecular flexibility index (Phi) is 5.81. The lowest BCUT2D eigenvalue weighted by molar-refractivity contribution is -0.275. The Hall–Kier alpha value is -2.04. The van der Waals surface area contributed by atoms with E-state index in [1.807, 2.05) is 0 Å². The van der Waals surface area contributed by atoms with Gasteiger partial charge in [-0.05, 0) is 6.92 Å². The molecule has 0 spiro atoms. The fourth-order valence-electron chi connectivity index (χ4n) is 1.81. The molecule has 0 fully saturated rings. The number of pyridine rings is 1. The van der Waals surface area contributed by atoms with Crippen LogP contribution in [0.2, 0.25) is 0 Å². The van der Waals surface area contributed by atoms with E-state index in [4.69, 9.17) is 5.73 Å². The van der Waals surface area contributed by atoms with Crippen molar-refractivity contribution < 1.29 is 40.6 Å². The Morgan fingerprint density at radius 2 is 1.87 bits per heavy atom. The van der Waals surface area contributed by atoms with E-state index in [0.717, 1.165) is 0 Å². The summed E-state index contributed by atoms with van der Waals surface area (Å²) in [6.45, 7) is 0.485. The third kappa shape index (κ3) is 5.27. The standard InChI is InChI=1S/C12H12F6N2O3/c1-2-22-9(21)3-7-10(11(13,14)15)6(4-19)8(5-20-7)23-12(16,17)18/h5H,2-4,19H2,1H3. The number of halogens is 6. The number of aromatic nitrogens is 1. The van der Waals surface area contributed by atoms with Gasteiger partial charge in [-0.15, -0.1) is 13.2 Å². The minimum Gasteiger partial charge on any atom is -0.466 e. The summed E-state index contributed by atoms with van der Waals surface area (Å²) in [4.78, 5) is 14.6. The van der Waals surface area contributed by atoms with Gasteiger partial charge < -0.3 is 15.2 Å². The Bertz CT molecular complexity index is 571. The third-order valence-corrected chi connectivity index (χ3v) is 2.56. The number of nitrogens with two attached hydrogens (primary N) is 1. The van der Waals surface area contributed by atoms with E-state index in [0.29, 0.717) is 6.20 Å². The summed E-state index contributed by atoms with van der Waals surface area (Å²) in [5.41, 5.74) is 1.87. The topological polar surface area (TPSA) is 74.4 Å². The van der Waals surface area contributed by atoms with Crippen LogP contribution in [0.15, 0.2) is 6.20 Å². The highest BCUT2D eigenvalue weighted by Crippen LogP contribution is 2.39. The number of carbonyl (C=O) groups excluding carboxylic acids is 1. The highest BCUT2D eigenvalue weighted by molar-refractivity contribution is 5.72. The van der Waals surface area contributed by atoms with Crippen LogP contribution in [0.1, 0.15) is 23.7 Å². The van der Waals surface area contributed by atoms with E-state index in [9.17, 15) is 31.1 Å². The van der Waals surface area contributed by atoms with Gasteiger partial charge in [0.1, 0.15) is 0 Å². The molecule has 0 aromatic carbocycles. The zero-order valence-corrected chi connectivity index (χ0v) is 11.7. The number of ether oxygens (including phenoxy) is 2. The van der Waals surface area contributed by atoms with Crippen LogP contribution in [0.3, 0.4) is 0 Å². The minimum atomic E-state index is -5.21. The molecule has 0 unspecified atom stereocenters. The van der Waals surface area contributed by atoms with Crippen molar-refractivity contribution in [1.29, 1.82) is 0 Å². The maximum absolute atomic E-state index is 13.2. The summed E-state index contributed by atoms with van der Waals surface area (Å²) in [7, 11) is 0. The molecule has 2 N–H and O–H groups in total. The molecule has 5 nitrogen and oxygen atoms in total. The van der Waals surface area contributed by atoms with Gasteiger partial charge in [0.25, 0.3) is 0 Å². The van der Waals surface area contributed by atoms with Crippen molar-refractivity contribution in [2.75, 3.05) is 6.61 Å². The molecule has 130 valence electrons. The number of hydrogen-bond acceptors (Lipinski definition) is 5. The molecule has 1 aromatic heterocycles. The predicted molar refractivity (Wildman–Crippen MR) is 64.2 cm³/mol. The second kappa shape index (κ2) is 7.02. The molecule has 0 saturated carbocycles. The van der Waals surface area contributed by atoms with Gasteiger partial charge in [-0.3, -0.25) is 9.78 Å². The highest BCUT2D eigenvalue weighted by atomic mass is 19.4. The van der Waals surface area contributed by atoms with Gasteiger partial charge in [-0.25, -0.2) is 0 Å². The second-order valence-electron chi connectivity index (χ2n) is 4.15. The Morgan fingerprint density at radius 1 is 1.26 bits per heavy atom. The third-order valence-electron chi connectivity index (χ3n) is 2.56. The molecule has 23 heavy (non-hydrogen) atoms. The van der Waals surface area contributed by atoms with E-state index in [2.05, 4.69) is 14.5 Å². The van der Waals surface area contributed by atoms with Crippen molar-refractivity contribution >= 4 is 5.97 Å². The second-order valence-corrected chi connectivity index (χ2v) is 4.15. The molecule has 0 aliphatic heterocycles. The SMILES string of the molecule is CCOC(=O)Cc1ncc(OC(F)(F)F)c(CN)c1C(F)(F)F. The number of carbonyl (C=O) groups is 1. The number of nitrogens with zero attached hydrogens (tertiary/aromatic N) is 1. The van der Waals surface area contributed by atoms with Crippen molar-refractivity contribution in [3.05, 3.63) is 23.0 Å². The van der Waals surface area contributed by atoms with E-state index in [1.54, 1.807) is 0 Å². The monoisotopic (exact) mass is 346 g/mol. The average molecular weight is 346 g/mol. The number of alkyl halides is 6. The van der Waals surface area contributed by atoms with Gasteiger partial charge in [0.15, 0.2) is 5.75 Å². The van der Waals surface area contributed by atoms with Crippen LogP contribution in [-0.4, -0.2) is 23.9 Å². The van der Waals surface area contributed by atoms with Crippen LogP contribution in [0.4, 0.5) is 26.3 Å². The molecule has 11 heteroatoms. The Morgan fingerprint density at radius 3 is 2.30 bits per heavy atom. The van der Waals surface area contributed by atoms with E-state index >= 15 is 0 Å². The molecule has 1 heterocycles. The summed E-state index contributed by atoms with van der Waals surface area (Å²) in [5.74, 6) is -2.17. The van der Waals surface area contributed by atoms with E-state index in [1.165, 1.54) is 6.92 Å². The average Bonchev–Trinajstić information content (AvgIpc) is 2.37. The summed E-state index contributed by atoms with van der Waals surface area (Å²) < 4.78 is 84.3. The number of rotatable bonds is 5. The normalized spacial score (nSPS) is 12.2. The first kappa shape index (κ1) is 19.0. The first-order valence-corrected chi connectivity index (χ1v) is 6.19. The fourth-order valence-corrected chi connectivity index (χ4v) is 1.81.